The fraction of sp³-hybridized carbons (Fsp3) is 0.810. The van der Waals surface area contributed by atoms with E-state index >= 15 is 0 Å². The van der Waals surface area contributed by atoms with Crippen LogP contribution in [0.2, 0.25) is 0 Å². The van der Waals surface area contributed by atoms with Crippen molar-refractivity contribution in [3.05, 3.63) is 23.3 Å². The molecule has 0 aliphatic heterocycles. The summed E-state index contributed by atoms with van der Waals surface area (Å²) in [5.74, 6) is 1.59. The average molecular weight is 323 g/mol. The molecular weight excluding hydrogens is 284 g/mol. The average Bonchev–Trinajstić information content (AvgIpc) is 2.83. The van der Waals surface area contributed by atoms with Crippen molar-refractivity contribution in [1.29, 1.82) is 0 Å². The first-order valence-electron chi connectivity index (χ1n) is 9.72. The van der Waals surface area contributed by atoms with Gasteiger partial charge in [-0.15, -0.1) is 0 Å². The van der Waals surface area contributed by atoms with Crippen LogP contribution in [0.3, 0.4) is 0 Å². The Hall–Kier alpha value is -0.600. The summed E-state index contributed by atoms with van der Waals surface area (Å²) in [6.07, 6.45) is 12.3. The predicted octanol–water partition coefficient (Wildman–Crippen LogP) is 5.60. The number of rotatable bonds is 5. The van der Waals surface area contributed by atoms with Crippen LogP contribution in [-0.4, -0.2) is 16.5 Å². The van der Waals surface area contributed by atoms with Crippen molar-refractivity contribution in [3.8, 4) is 0 Å². The highest BCUT2D eigenvalue weighted by Crippen LogP contribution is 2.57. The molecule has 23 heavy (non-hydrogen) atoms. The molecule has 2 N–H and O–H groups in total. The second kappa shape index (κ2) is 9.64. The molecule has 2 aliphatic rings. The number of hydrogen-bond donors (Lipinski definition) is 2. The summed E-state index contributed by atoms with van der Waals surface area (Å²) in [5.41, 5.74) is 3.27. The molecule has 0 aromatic carbocycles. The van der Waals surface area contributed by atoms with Crippen LogP contribution in [0, 0.1) is 17.3 Å². The van der Waals surface area contributed by atoms with Crippen LogP contribution in [0.1, 0.15) is 86.0 Å². The van der Waals surface area contributed by atoms with Crippen molar-refractivity contribution in [2.24, 2.45) is 17.3 Å². The zero-order chi connectivity index (χ0) is 17.5. The SMILES string of the molecule is CC.CCC/C(=C/C=C1\CCCC2(C)C(C)CCC12)CC(O)O. The molecule has 3 unspecified atom stereocenters. The largest absolute Gasteiger partial charge is 0.368 e. The van der Waals surface area contributed by atoms with E-state index in [1.807, 2.05) is 13.8 Å². The van der Waals surface area contributed by atoms with Gasteiger partial charge in [0.25, 0.3) is 0 Å². The molecule has 0 saturated heterocycles. The molecule has 3 atom stereocenters. The normalized spacial score (nSPS) is 32.7. The van der Waals surface area contributed by atoms with Crippen LogP contribution in [-0.2, 0) is 0 Å². The Balaban J connectivity index is 0.00000127. The smallest absolute Gasteiger partial charge is 0.155 e. The Kier molecular flexibility index (Phi) is 8.57. The quantitative estimate of drug-likeness (QED) is 0.646. The lowest BCUT2D eigenvalue weighted by molar-refractivity contribution is -0.0385. The fourth-order valence-corrected chi connectivity index (χ4v) is 4.53. The number of fused-ring (bicyclic) bond motifs is 1. The van der Waals surface area contributed by atoms with Gasteiger partial charge in [0.15, 0.2) is 6.29 Å². The minimum absolute atomic E-state index is 0.385. The number of aliphatic hydroxyl groups excluding tert-OH is 1. The predicted molar refractivity (Wildman–Crippen MR) is 99.1 cm³/mol. The Labute approximate surface area is 143 Å². The third-order valence-corrected chi connectivity index (χ3v) is 5.99. The van der Waals surface area contributed by atoms with Crippen molar-refractivity contribution in [2.45, 2.75) is 92.3 Å². The van der Waals surface area contributed by atoms with Gasteiger partial charge in [-0.2, -0.15) is 0 Å². The molecule has 2 rings (SSSR count). The van der Waals surface area contributed by atoms with Gasteiger partial charge in [-0.05, 0) is 55.8 Å². The molecule has 0 aromatic heterocycles. The summed E-state index contributed by atoms with van der Waals surface area (Å²) >= 11 is 0. The summed E-state index contributed by atoms with van der Waals surface area (Å²) in [6, 6.07) is 0. The van der Waals surface area contributed by atoms with Crippen LogP contribution in [0.5, 0.6) is 0 Å². The van der Waals surface area contributed by atoms with Crippen LogP contribution in [0.15, 0.2) is 23.3 Å². The van der Waals surface area contributed by atoms with Gasteiger partial charge in [0, 0.05) is 6.42 Å². The Morgan fingerprint density at radius 3 is 2.61 bits per heavy atom. The van der Waals surface area contributed by atoms with E-state index in [9.17, 15) is 10.2 Å². The fourth-order valence-electron chi connectivity index (χ4n) is 4.53. The molecule has 2 nitrogen and oxygen atoms in total. The van der Waals surface area contributed by atoms with Gasteiger partial charge in [-0.3, -0.25) is 0 Å². The Bertz CT molecular complexity index is 408. The molecule has 0 bridgehead atoms. The van der Waals surface area contributed by atoms with Gasteiger partial charge >= 0.3 is 0 Å². The summed E-state index contributed by atoms with van der Waals surface area (Å²) in [4.78, 5) is 0. The molecular formula is C21H38O2. The van der Waals surface area contributed by atoms with Crippen LogP contribution < -0.4 is 0 Å². The van der Waals surface area contributed by atoms with Crippen LogP contribution >= 0.6 is 0 Å². The molecule has 2 fully saturated rings. The van der Waals surface area contributed by atoms with Gasteiger partial charge < -0.3 is 10.2 Å². The molecule has 0 radical (unpaired) electrons. The van der Waals surface area contributed by atoms with Gasteiger partial charge in [0.2, 0.25) is 0 Å². The third kappa shape index (κ3) is 5.19. The zero-order valence-corrected chi connectivity index (χ0v) is 15.9. The van der Waals surface area contributed by atoms with E-state index in [1.54, 1.807) is 5.57 Å². The van der Waals surface area contributed by atoms with Gasteiger partial charge in [0.1, 0.15) is 0 Å². The van der Waals surface area contributed by atoms with Crippen molar-refractivity contribution in [1.82, 2.24) is 0 Å². The zero-order valence-electron chi connectivity index (χ0n) is 15.9. The number of hydrogen-bond acceptors (Lipinski definition) is 2. The molecule has 134 valence electrons. The summed E-state index contributed by atoms with van der Waals surface area (Å²) in [7, 11) is 0. The van der Waals surface area contributed by atoms with E-state index < -0.39 is 6.29 Å². The van der Waals surface area contributed by atoms with E-state index in [1.165, 1.54) is 37.7 Å². The minimum atomic E-state index is -1.22. The molecule has 0 amide bonds. The number of aliphatic hydroxyl groups is 2. The van der Waals surface area contributed by atoms with Crippen molar-refractivity contribution >= 4 is 0 Å². The summed E-state index contributed by atoms with van der Waals surface area (Å²) < 4.78 is 0. The van der Waals surface area contributed by atoms with Gasteiger partial charge in [0.05, 0.1) is 0 Å². The maximum absolute atomic E-state index is 9.21. The monoisotopic (exact) mass is 322 g/mol. The van der Waals surface area contributed by atoms with Crippen molar-refractivity contribution in [2.75, 3.05) is 0 Å². The minimum Gasteiger partial charge on any atom is -0.368 e. The van der Waals surface area contributed by atoms with Gasteiger partial charge in [-0.1, -0.05) is 64.3 Å². The summed E-state index contributed by atoms with van der Waals surface area (Å²) in [6.45, 7) is 11.0. The van der Waals surface area contributed by atoms with E-state index in [0.717, 1.165) is 24.7 Å². The van der Waals surface area contributed by atoms with E-state index in [4.69, 9.17) is 0 Å². The first-order chi connectivity index (χ1) is 11.0. The standard InChI is InChI=1S/C19H32O2.C2H6/c1-4-6-15(13-18(20)21)9-10-16-7-5-12-19(3)14(2)8-11-17(16)19;1-2/h9-10,14,17-18,20-21H,4-8,11-13H2,1-3H3;1-2H3/b15-9-,16-10+;. The molecule has 0 aromatic rings. The highest BCUT2D eigenvalue weighted by atomic mass is 16.5. The van der Waals surface area contributed by atoms with Crippen molar-refractivity contribution < 1.29 is 10.2 Å². The van der Waals surface area contributed by atoms with Crippen LogP contribution in [0.4, 0.5) is 0 Å². The number of allylic oxidation sites excluding steroid dienone is 3. The van der Waals surface area contributed by atoms with Crippen LogP contribution in [0.25, 0.3) is 0 Å². The molecule has 2 heteroatoms. The third-order valence-electron chi connectivity index (χ3n) is 5.99. The highest BCUT2D eigenvalue weighted by Gasteiger charge is 2.46. The lowest BCUT2D eigenvalue weighted by Crippen LogP contribution is -2.31. The Morgan fingerprint density at radius 1 is 1.30 bits per heavy atom. The maximum atomic E-state index is 9.21. The second-order valence-electron chi connectivity index (χ2n) is 7.39. The van der Waals surface area contributed by atoms with E-state index in [2.05, 4.69) is 32.9 Å². The molecule has 2 saturated carbocycles. The maximum Gasteiger partial charge on any atom is 0.155 e. The van der Waals surface area contributed by atoms with Gasteiger partial charge in [-0.25, -0.2) is 0 Å². The van der Waals surface area contributed by atoms with E-state index in [-0.39, 0.29) is 0 Å². The topological polar surface area (TPSA) is 40.5 Å². The molecule has 0 heterocycles. The summed E-state index contributed by atoms with van der Waals surface area (Å²) in [5, 5.41) is 18.4. The first kappa shape index (κ1) is 20.4. The van der Waals surface area contributed by atoms with E-state index in [0.29, 0.717) is 11.8 Å². The first-order valence-corrected chi connectivity index (χ1v) is 9.72. The van der Waals surface area contributed by atoms with Crippen molar-refractivity contribution in [3.63, 3.8) is 0 Å². The highest BCUT2D eigenvalue weighted by molar-refractivity contribution is 5.24. The second-order valence-corrected chi connectivity index (χ2v) is 7.39. The lowest BCUT2D eigenvalue weighted by Gasteiger charge is -2.41. The lowest BCUT2D eigenvalue weighted by atomic mass is 9.64. The Morgan fingerprint density at radius 2 is 2.00 bits per heavy atom. The molecule has 2 aliphatic carbocycles. The molecule has 0 spiro atoms.